The predicted molar refractivity (Wildman–Crippen MR) is 206 cm³/mol. The number of alkyl carbamates (subject to hydrolysis) is 1. The molecule has 49 heavy (non-hydrogen) atoms. The van der Waals surface area contributed by atoms with E-state index in [9.17, 15) is 4.79 Å². The molecule has 0 aromatic heterocycles. The van der Waals surface area contributed by atoms with Gasteiger partial charge in [-0.1, -0.05) is 155 Å². The second-order valence-electron chi connectivity index (χ2n) is 15.1. The average molecular weight is 701 g/mol. The molecule has 0 aliphatic carbocycles. The average Bonchev–Trinajstić information content (AvgIpc) is 3.07. The lowest BCUT2D eigenvalue weighted by molar-refractivity contribution is -0.213. The van der Waals surface area contributed by atoms with E-state index >= 15 is 0 Å². The molecule has 0 saturated carbocycles. The van der Waals surface area contributed by atoms with Crippen LogP contribution in [0.15, 0.2) is 0 Å². The van der Waals surface area contributed by atoms with Crippen LogP contribution >= 0.6 is 0 Å². The zero-order valence-electron chi connectivity index (χ0n) is 33.6. The van der Waals surface area contributed by atoms with Crippen LogP contribution in [0.5, 0.6) is 0 Å². The van der Waals surface area contributed by atoms with Gasteiger partial charge in [-0.3, -0.25) is 4.84 Å². The molecule has 294 valence electrons. The molecule has 1 N–H and O–H groups in total. The van der Waals surface area contributed by atoms with Crippen molar-refractivity contribution in [3.8, 4) is 0 Å². The Hall–Kier alpha value is -0.930. The van der Waals surface area contributed by atoms with Gasteiger partial charge in [-0.25, -0.2) is 4.79 Å². The molecule has 0 saturated heterocycles. The lowest BCUT2D eigenvalue weighted by Crippen LogP contribution is -2.33. The van der Waals surface area contributed by atoms with Crippen LogP contribution in [0.1, 0.15) is 195 Å². The topological polar surface area (TPSA) is 78.5 Å². The Morgan fingerprint density at radius 2 is 1.04 bits per heavy atom. The molecule has 0 radical (unpaired) electrons. The lowest BCUT2D eigenvalue weighted by atomic mass is 10.1. The van der Waals surface area contributed by atoms with Gasteiger partial charge in [-0.05, 0) is 40.0 Å². The fourth-order valence-corrected chi connectivity index (χ4v) is 5.62. The highest BCUT2D eigenvalue weighted by atomic mass is 16.7. The quantitative estimate of drug-likeness (QED) is 0.0390. The summed E-state index contributed by atoms with van der Waals surface area (Å²) in [6.45, 7) is 14.0. The number of hydrogen-bond acceptors (Lipinski definition) is 7. The molecule has 0 aromatic carbocycles. The Kier molecular flexibility index (Phi) is 36.1. The molecule has 1 atom stereocenters. The maximum absolute atomic E-state index is 12.3. The van der Waals surface area contributed by atoms with Crippen LogP contribution in [0.3, 0.4) is 0 Å². The monoisotopic (exact) mass is 701 g/mol. The first-order valence-corrected chi connectivity index (χ1v) is 20.9. The van der Waals surface area contributed by atoms with Crippen LogP contribution in [0.25, 0.3) is 0 Å². The molecule has 0 aliphatic heterocycles. The Morgan fingerprint density at radius 1 is 0.592 bits per heavy atom. The molecule has 8 nitrogen and oxygen atoms in total. The summed E-state index contributed by atoms with van der Waals surface area (Å²) in [5.41, 5.74) is -0.214. The minimum absolute atomic E-state index is 0.200. The smallest absolute Gasteiger partial charge is 0.407 e. The van der Waals surface area contributed by atoms with Crippen molar-refractivity contribution in [1.29, 1.82) is 0 Å². The summed E-state index contributed by atoms with van der Waals surface area (Å²) in [5, 5.41) is 4.48. The van der Waals surface area contributed by atoms with Gasteiger partial charge in [0.25, 0.3) is 0 Å². The summed E-state index contributed by atoms with van der Waals surface area (Å²) in [5.74, 6) is 0. The highest BCUT2D eigenvalue weighted by Gasteiger charge is 2.14. The number of unbranched alkanes of at least 4 members (excludes halogenated alkanes) is 22. The zero-order valence-corrected chi connectivity index (χ0v) is 33.6. The van der Waals surface area contributed by atoms with Gasteiger partial charge in [0.1, 0.15) is 19.4 Å². The highest BCUT2D eigenvalue weighted by Crippen LogP contribution is 2.14. The van der Waals surface area contributed by atoms with E-state index in [1.165, 1.54) is 141 Å². The number of carbonyl (C=O) groups excluding carboxylic acids is 1. The van der Waals surface area contributed by atoms with Crippen LogP contribution in [0, 0.1) is 0 Å². The Bertz CT molecular complexity index is 675. The van der Waals surface area contributed by atoms with E-state index in [1.807, 2.05) is 27.8 Å². The molecule has 8 heteroatoms. The molecule has 1 unspecified atom stereocenters. The van der Waals surface area contributed by atoms with Crippen LogP contribution in [-0.2, 0) is 23.8 Å². The van der Waals surface area contributed by atoms with Crippen molar-refractivity contribution in [2.75, 3.05) is 53.4 Å². The third kappa shape index (κ3) is 39.7. The second kappa shape index (κ2) is 36.8. The molecule has 0 rings (SSSR count). The van der Waals surface area contributed by atoms with Crippen molar-refractivity contribution in [2.24, 2.45) is 0 Å². The minimum atomic E-state index is -0.427. The SMILES string of the molecule is CCCCCCCCCCCCCCOCC(COC(=O)NCCCON(C)COC(C)(C)C)OCCCCCCCCCCCCCC. The van der Waals surface area contributed by atoms with Crippen molar-refractivity contribution < 1.29 is 28.6 Å². The van der Waals surface area contributed by atoms with Gasteiger partial charge in [0.2, 0.25) is 0 Å². The first kappa shape index (κ1) is 48.1. The summed E-state index contributed by atoms with van der Waals surface area (Å²) < 4.78 is 23.3. The molecule has 0 fully saturated rings. The number of amides is 1. The van der Waals surface area contributed by atoms with Gasteiger partial charge in [0.15, 0.2) is 0 Å². The Morgan fingerprint density at radius 3 is 1.51 bits per heavy atom. The van der Waals surface area contributed by atoms with Crippen molar-refractivity contribution in [1.82, 2.24) is 10.4 Å². The summed E-state index contributed by atoms with van der Waals surface area (Å²) in [6.07, 6.45) is 31.8. The van der Waals surface area contributed by atoms with E-state index in [-0.39, 0.29) is 18.3 Å². The molecular weight excluding hydrogens is 616 g/mol. The maximum atomic E-state index is 12.3. The fraction of sp³-hybridized carbons (Fsp3) is 0.976. The number of rotatable bonds is 38. The molecule has 0 bridgehead atoms. The Balaban J connectivity index is 4.15. The first-order valence-electron chi connectivity index (χ1n) is 20.9. The number of ether oxygens (including phenoxy) is 4. The minimum Gasteiger partial charge on any atom is -0.447 e. The summed E-state index contributed by atoms with van der Waals surface area (Å²) >= 11 is 0. The molecule has 0 heterocycles. The first-order chi connectivity index (χ1) is 23.8. The molecular formula is C41H84N2O6. The highest BCUT2D eigenvalue weighted by molar-refractivity contribution is 5.67. The van der Waals surface area contributed by atoms with E-state index in [0.717, 1.165) is 19.4 Å². The fourth-order valence-electron chi connectivity index (χ4n) is 5.62. The standard InChI is InChI=1S/C41H84N2O6/c1-7-9-11-13-15-17-19-21-23-25-27-29-33-45-36-39(46-34-30-28-26-24-22-20-18-16-14-12-10-8-2)37-47-40(44)42-32-31-35-49-43(6)38-48-41(3,4)5/h39H,7-38H2,1-6H3,(H,42,44). The second-order valence-corrected chi connectivity index (χ2v) is 15.1. The van der Waals surface area contributed by atoms with E-state index in [0.29, 0.717) is 39.5 Å². The number of hydroxylamine groups is 2. The van der Waals surface area contributed by atoms with Gasteiger partial charge < -0.3 is 24.3 Å². The zero-order chi connectivity index (χ0) is 36.1. The molecule has 0 aromatic rings. The maximum Gasteiger partial charge on any atom is 0.407 e. The van der Waals surface area contributed by atoms with Crippen LogP contribution in [0.2, 0.25) is 0 Å². The largest absolute Gasteiger partial charge is 0.447 e. The van der Waals surface area contributed by atoms with E-state index in [1.54, 1.807) is 5.06 Å². The van der Waals surface area contributed by atoms with Gasteiger partial charge in [-0.2, -0.15) is 5.06 Å². The number of carbonyl (C=O) groups is 1. The third-order valence-corrected chi connectivity index (χ3v) is 8.78. The van der Waals surface area contributed by atoms with E-state index in [4.69, 9.17) is 23.8 Å². The van der Waals surface area contributed by atoms with Gasteiger partial charge in [0, 0.05) is 26.8 Å². The van der Waals surface area contributed by atoms with Crippen molar-refractivity contribution in [3.05, 3.63) is 0 Å². The van der Waals surface area contributed by atoms with Crippen LogP contribution in [-0.4, -0.2) is 76.2 Å². The normalized spacial score (nSPS) is 12.6. The van der Waals surface area contributed by atoms with Crippen molar-refractivity contribution >= 4 is 6.09 Å². The Labute approximate surface area is 304 Å². The van der Waals surface area contributed by atoms with E-state index in [2.05, 4.69) is 19.2 Å². The molecule has 1 amide bonds. The van der Waals surface area contributed by atoms with Gasteiger partial charge >= 0.3 is 6.09 Å². The predicted octanol–water partition coefficient (Wildman–Crippen LogP) is 11.5. The van der Waals surface area contributed by atoms with Gasteiger partial charge in [0.05, 0.1) is 18.8 Å². The molecule has 0 spiro atoms. The van der Waals surface area contributed by atoms with Crippen LogP contribution in [0.4, 0.5) is 4.79 Å². The number of hydrogen-bond donors (Lipinski definition) is 1. The van der Waals surface area contributed by atoms with Gasteiger partial charge in [-0.15, -0.1) is 0 Å². The van der Waals surface area contributed by atoms with E-state index < -0.39 is 6.09 Å². The van der Waals surface area contributed by atoms with Crippen molar-refractivity contribution in [3.63, 3.8) is 0 Å². The number of nitrogens with one attached hydrogen (secondary N) is 1. The third-order valence-electron chi connectivity index (χ3n) is 8.78. The van der Waals surface area contributed by atoms with Crippen molar-refractivity contribution in [2.45, 2.75) is 207 Å². The number of nitrogens with zero attached hydrogens (tertiary/aromatic N) is 1. The molecule has 0 aliphatic rings. The summed E-state index contributed by atoms with van der Waals surface area (Å²) in [6, 6.07) is 0. The lowest BCUT2D eigenvalue weighted by Gasteiger charge is -2.24. The van der Waals surface area contributed by atoms with Crippen LogP contribution < -0.4 is 5.32 Å². The summed E-state index contributed by atoms with van der Waals surface area (Å²) in [7, 11) is 1.84. The summed E-state index contributed by atoms with van der Waals surface area (Å²) in [4.78, 5) is 18.0.